The van der Waals surface area contributed by atoms with Gasteiger partial charge in [0.05, 0.1) is 60.1 Å². The first kappa shape index (κ1) is 80.2. The number of thiazole rings is 3. The molecule has 0 atom stereocenters. The number of carboxylic acid groups (broad SMARTS) is 1. The van der Waals surface area contributed by atoms with Crippen LogP contribution in [0.2, 0.25) is 0 Å². The van der Waals surface area contributed by atoms with Gasteiger partial charge >= 0.3 is 36.0 Å². The fourth-order valence-corrected chi connectivity index (χ4v) is 18.4. The number of halogens is 1. The largest absolute Gasteiger partial charge is 0.481 e. The summed E-state index contributed by atoms with van der Waals surface area (Å²) in [5, 5.41) is 28.0. The van der Waals surface area contributed by atoms with Crippen LogP contribution in [-0.2, 0) is 23.9 Å². The van der Waals surface area contributed by atoms with E-state index in [0.717, 1.165) is 94.2 Å². The van der Waals surface area contributed by atoms with Crippen molar-refractivity contribution < 1.29 is 43.3 Å². The first-order chi connectivity index (χ1) is 53.1. The van der Waals surface area contributed by atoms with Crippen molar-refractivity contribution in [3.63, 3.8) is 0 Å². The van der Waals surface area contributed by atoms with Gasteiger partial charge in [-0.25, -0.2) is 59.2 Å². The summed E-state index contributed by atoms with van der Waals surface area (Å²) >= 11 is 8.11. The Bertz CT molecular complexity index is 4720. The minimum atomic E-state index is -0.737. The summed E-state index contributed by atoms with van der Waals surface area (Å²) in [6, 6.07) is 11.9. The summed E-state index contributed by atoms with van der Waals surface area (Å²) in [5.41, 5.74) is 9.28. The average molecular weight is 1620 g/mol. The van der Waals surface area contributed by atoms with E-state index in [1.807, 2.05) is 92.3 Å². The highest BCUT2D eigenvalue weighted by molar-refractivity contribution is 9.10. The number of aromatic nitrogens is 9. The van der Waals surface area contributed by atoms with Crippen LogP contribution in [0, 0.1) is 16.2 Å². The van der Waals surface area contributed by atoms with Crippen molar-refractivity contribution in [2.24, 2.45) is 16.2 Å². The van der Waals surface area contributed by atoms with Gasteiger partial charge < -0.3 is 45.2 Å². The Hall–Kier alpha value is -9.33. The molecule has 2 aliphatic carbocycles. The number of rotatable bonds is 19. The highest BCUT2D eigenvalue weighted by Crippen LogP contribution is 2.46. The highest BCUT2D eigenvalue weighted by atomic mass is 79.9. The lowest BCUT2D eigenvalue weighted by Gasteiger charge is -2.37. The molecule has 5 fully saturated rings. The van der Waals surface area contributed by atoms with E-state index in [0.29, 0.717) is 143 Å². The third-order valence-corrected chi connectivity index (χ3v) is 25.6. The molecule has 9 aromatic rings. The summed E-state index contributed by atoms with van der Waals surface area (Å²) in [6.45, 7) is 21.6. The Balaban J connectivity index is 0.000000154. The first-order valence-corrected chi connectivity index (χ1v) is 41.8. The van der Waals surface area contributed by atoms with Crippen LogP contribution in [0.25, 0.3) is 64.0 Å². The molecule has 2 saturated carbocycles. The molecular formula is C79H99BrN18O9S3. The Morgan fingerprint density at radius 3 is 1.05 bits per heavy atom. The monoisotopic (exact) mass is 1620 g/mol. The predicted octanol–water partition coefficient (Wildman–Crippen LogP) is 16.6. The molecule has 14 rings (SSSR count). The third kappa shape index (κ3) is 19.2. The fraction of sp³-hybridized carbons (Fsp3) is 0.506. The van der Waals surface area contributed by atoms with Gasteiger partial charge in [-0.1, -0.05) is 72.5 Å². The van der Waals surface area contributed by atoms with Gasteiger partial charge in [0.15, 0.2) is 15.4 Å². The molecule has 584 valence electrons. The van der Waals surface area contributed by atoms with Crippen LogP contribution in [0.3, 0.4) is 0 Å². The number of carbonyl (C=O) groups excluding carboxylic acids is 5. The Morgan fingerprint density at radius 1 is 0.436 bits per heavy atom. The minimum absolute atomic E-state index is 0.114. The molecule has 3 aliphatic heterocycles. The van der Waals surface area contributed by atoms with E-state index in [1.165, 1.54) is 85.2 Å². The van der Waals surface area contributed by atoms with Gasteiger partial charge in [-0.05, 0) is 212 Å². The zero-order valence-electron chi connectivity index (χ0n) is 63.9. The number of hydrogen-bond acceptors (Lipinski definition) is 23. The number of piperidine rings is 3. The lowest BCUT2D eigenvalue weighted by Crippen LogP contribution is -2.44. The van der Waals surface area contributed by atoms with Crippen LogP contribution in [0.15, 0.2) is 78.1 Å². The van der Waals surface area contributed by atoms with Gasteiger partial charge in [0.1, 0.15) is 0 Å². The summed E-state index contributed by atoms with van der Waals surface area (Å²) in [5.74, 6) is 1.95. The number of carboxylic acids is 1. The quantitative estimate of drug-likeness (QED) is 0.0370. The number of carbonyl (C=O) groups is 6. The molecule has 0 unspecified atom stereocenters. The van der Waals surface area contributed by atoms with Crippen LogP contribution < -0.4 is 46.6 Å². The van der Waals surface area contributed by atoms with E-state index in [1.54, 1.807) is 23.7 Å². The van der Waals surface area contributed by atoms with Gasteiger partial charge in [-0.2, -0.15) is 0 Å². The summed E-state index contributed by atoms with van der Waals surface area (Å²) in [6.07, 6.45) is 27.2. The number of amides is 6. The molecule has 110 heavy (non-hydrogen) atoms. The van der Waals surface area contributed by atoms with Gasteiger partial charge in [0.25, 0.3) is 0 Å². The second kappa shape index (κ2) is 36.2. The number of nitrogens with zero attached hydrogens (tertiary/aromatic N) is 12. The van der Waals surface area contributed by atoms with Gasteiger partial charge in [-0.15, -0.1) is 0 Å². The molecule has 31 heteroatoms. The number of urea groups is 3. The first-order valence-electron chi connectivity index (χ1n) is 38.5. The van der Waals surface area contributed by atoms with E-state index in [2.05, 4.69) is 112 Å². The van der Waals surface area contributed by atoms with Crippen LogP contribution in [-0.4, -0.2) is 158 Å². The maximum absolute atomic E-state index is 12.4. The molecule has 9 heterocycles. The van der Waals surface area contributed by atoms with Crippen molar-refractivity contribution in [2.75, 3.05) is 103 Å². The van der Waals surface area contributed by atoms with Crippen LogP contribution in [0.5, 0.6) is 0 Å². The zero-order chi connectivity index (χ0) is 77.7. The molecule has 5 aliphatic rings. The molecule has 27 nitrogen and oxygen atoms in total. The summed E-state index contributed by atoms with van der Waals surface area (Å²) in [4.78, 5) is 120. The maximum Gasteiger partial charge on any atom is 0.321 e. The molecule has 6 amide bonds. The van der Waals surface area contributed by atoms with Crippen molar-refractivity contribution in [3.05, 3.63) is 89.2 Å². The van der Waals surface area contributed by atoms with Crippen molar-refractivity contribution in [3.8, 4) is 33.4 Å². The second-order valence-electron chi connectivity index (χ2n) is 29.5. The lowest BCUT2D eigenvalue weighted by molar-refractivity contribution is -0.156. The molecule has 6 aromatic heterocycles. The normalized spacial score (nSPS) is 17.0. The standard InChI is InChI=1S/C29H38N6O3S.C27H34N6O3S.C23H27BrN6O3S/c1-4-30-27(37)34-28-33-23-16-20(15-22(24(23)39-28)19-9-7-6-8-10-19)21-17-31-26(32-18-21)35-13-11-29(3,12-14-35)25(36)38-5-2;1-3-28-25(36)32-26-31-21-14-18(13-20(22(21)37-26)17-7-5-4-6-8-17)19-15-29-24(30-16-19)33-11-9-27(2,10-12-33)23(34)35;1-4-25-21(32)29-22-28-17-11-14(10-16(24)18(17)34-22)15-12-26-20(27-13-15)30-8-6-23(3,7-9-30)19(31)33-5-2/h15-19H,4-14H2,1-3H3,(H2,30,33,34,37);13-17H,3-12H2,1-2H3,(H,34,35)(H2,28,31,32,36);10-13H,4-9H2,1-3H3,(H2,25,28,29,32). The average Bonchev–Trinajstić information content (AvgIpc) is 1.60. The van der Waals surface area contributed by atoms with Gasteiger partial charge in [0, 0.05) is 117 Å². The van der Waals surface area contributed by atoms with E-state index in [9.17, 15) is 33.9 Å². The minimum Gasteiger partial charge on any atom is -0.481 e. The maximum atomic E-state index is 12.4. The second-order valence-corrected chi connectivity index (χ2v) is 33.4. The van der Waals surface area contributed by atoms with Gasteiger partial charge in [0.2, 0.25) is 17.8 Å². The molecular weight excluding hydrogens is 1520 g/mol. The van der Waals surface area contributed by atoms with E-state index in [4.69, 9.17) is 29.4 Å². The van der Waals surface area contributed by atoms with Crippen molar-refractivity contribution in [1.29, 1.82) is 0 Å². The van der Waals surface area contributed by atoms with E-state index < -0.39 is 22.2 Å². The Labute approximate surface area is 661 Å². The van der Waals surface area contributed by atoms with Crippen LogP contribution >= 0.6 is 49.9 Å². The Kier molecular flexibility index (Phi) is 26.4. The number of anilines is 6. The van der Waals surface area contributed by atoms with Crippen molar-refractivity contribution in [2.45, 2.75) is 170 Å². The number of hydrogen-bond donors (Lipinski definition) is 7. The summed E-state index contributed by atoms with van der Waals surface area (Å²) in [7, 11) is 0. The third-order valence-electron chi connectivity index (χ3n) is 21.7. The number of nitrogens with one attached hydrogen (secondary N) is 6. The predicted molar refractivity (Wildman–Crippen MR) is 439 cm³/mol. The van der Waals surface area contributed by atoms with Crippen molar-refractivity contribution >= 4 is 150 Å². The Morgan fingerprint density at radius 2 is 0.736 bits per heavy atom. The van der Waals surface area contributed by atoms with E-state index >= 15 is 0 Å². The van der Waals surface area contributed by atoms with Crippen molar-refractivity contribution in [1.82, 2.24) is 60.8 Å². The number of esters is 2. The number of fused-ring (bicyclic) bond motifs is 3. The molecule has 0 radical (unpaired) electrons. The number of benzene rings is 3. The molecule has 0 bridgehead atoms. The fourth-order valence-electron chi connectivity index (χ4n) is 14.8. The highest BCUT2D eigenvalue weighted by Gasteiger charge is 2.41. The molecule has 7 N–H and O–H groups in total. The number of aliphatic carboxylic acids is 1. The molecule has 3 saturated heterocycles. The molecule has 0 spiro atoms. The summed E-state index contributed by atoms with van der Waals surface area (Å²) < 4.78 is 14.6. The van der Waals surface area contributed by atoms with E-state index in [-0.39, 0.29) is 30.0 Å². The van der Waals surface area contributed by atoms with Crippen LogP contribution in [0.4, 0.5) is 47.6 Å². The van der Waals surface area contributed by atoms with Crippen LogP contribution in [0.1, 0.15) is 181 Å². The lowest BCUT2D eigenvalue weighted by atomic mass is 9.80. The molecule has 3 aromatic carbocycles. The van der Waals surface area contributed by atoms with Gasteiger partial charge in [-0.3, -0.25) is 30.3 Å². The number of ether oxygens (including phenoxy) is 2. The zero-order valence-corrected chi connectivity index (χ0v) is 67.9. The topological polar surface area (TPSA) is 339 Å². The SMILES string of the molecule is CCNC(=O)Nc1nc2cc(-c3cnc(N4CCC(C)(C(=O)O)CC4)nc3)cc(C3CCCCC3)c2s1.CCNC(=O)Nc1nc2cc(-c3cnc(N4CCC(C)(C(=O)OCC)CC4)nc3)cc(Br)c2s1.CCNC(=O)Nc1nc2cc(-c3cnc(N4CCC(C)(C(=O)OCC)CC4)nc3)cc(C3CCCCC3)c2s1. The smallest absolute Gasteiger partial charge is 0.321 e.